The Morgan fingerprint density at radius 1 is 1.17 bits per heavy atom. The van der Waals surface area contributed by atoms with Gasteiger partial charge in [0.15, 0.2) is 5.69 Å². The Bertz CT molecular complexity index is 735. The van der Waals surface area contributed by atoms with Gasteiger partial charge < -0.3 is 10.6 Å². The smallest absolute Gasteiger partial charge is 0.277 e. The van der Waals surface area contributed by atoms with E-state index >= 15 is 0 Å². The zero-order chi connectivity index (χ0) is 17.1. The molecule has 0 saturated carbocycles. The Balaban J connectivity index is 2.10. The molecule has 0 saturated heterocycles. The van der Waals surface area contributed by atoms with Crippen molar-refractivity contribution in [1.29, 1.82) is 0 Å². The lowest BCUT2D eigenvalue weighted by molar-refractivity contribution is 0.0942. The van der Waals surface area contributed by atoms with Crippen molar-refractivity contribution in [3.63, 3.8) is 0 Å². The third-order valence-corrected chi connectivity index (χ3v) is 3.75. The summed E-state index contributed by atoms with van der Waals surface area (Å²) in [5, 5.41) is 9.94. The second-order valence-corrected chi connectivity index (χ2v) is 5.91. The zero-order valence-corrected chi connectivity index (χ0v) is 14.2. The van der Waals surface area contributed by atoms with Crippen LogP contribution in [0.15, 0.2) is 24.3 Å². The first-order chi connectivity index (χ1) is 10.8. The summed E-state index contributed by atoms with van der Waals surface area (Å²) in [6, 6.07) is 6.70. The molecule has 122 valence electrons. The average Bonchev–Trinajstić information content (AvgIpc) is 2.75. The summed E-state index contributed by atoms with van der Waals surface area (Å²) < 4.78 is 1.55. The molecule has 2 N–H and O–H groups in total. The van der Waals surface area contributed by atoms with Crippen LogP contribution in [0.25, 0.3) is 0 Å². The molecule has 1 aromatic carbocycles. The van der Waals surface area contributed by atoms with E-state index in [-0.39, 0.29) is 17.6 Å². The highest BCUT2D eigenvalue weighted by molar-refractivity contribution is 6.34. The fourth-order valence-corrected chi connectivity index (χ4v) is 2.21. The molecule has 1 heterocycles. The molecule has 1 aromatic heterocycles. The molecule has 0 spiro atoms. The fourth-order valence-electron chi connectivity index (χ4n) is 1.97. The van der Waals surface area contributed by atoms with Crippen LogP contribution >= 0.6 is 11.6 Å². The van der Waals surface area contributed by atoms with Crippen molar-refractivity contribution in [3.8, 4) is 0 Å². The maximum Gasteiger partial charge on any atom is 0.277 e. The van der Waals surface area contributed by atoms with Crippen LogP contribution in [0.2, 0.25) is 5.02 Å². The number of halogens is 1. The van der Waals surface area contributed by atoms with Crippen LogP contribution in [-0.2, 0) is 7.05 Å². The number of carbonyl (C=O) groups is 2. The highest BCUT2D eigenvalue weighted by Gasteiger charge is 2.18. The second kappa shape index (κ2) is 6.83. The average molecular weight is 335 g/mol. The topological polar surface area (TPSA) is 76.0 Å². The molecule has 0 radical (unpaired) electrons. The summed E-state index contributed by atoms with van der Waals surface area (Å²) in [7, 11) is 1.72. The van der Waals surface area contributed by atoms with Gasteiger partial charge in [0.2, 0.25) is 0 Å². The predicted octanol–water partition coefficient (Wildman–Crippen LogP) is 2.77. The zero-order valence-electron chi connectivity index (χ0n) is 13.5. The Hall–Kier alpha value is -2.34. The number of benzene rings is 1. The molecule has 0 aliphatic carbocycles. The van der Waals surface area contributed by atoms with Crippen molar-refractivity contribution in [3.05, 3.63) is 46.2 Å². The van der Waals surface area contributed by atoms with Gasteiger partial charge in [-0.25, -0.2) is 0 Å². The van der Waals surface area contributed by atoms with E-state index < -0.39 is 5.91 Å². The van der Waals surface area contributed by atoms with E-state index in [1.54, 1.807) is 42.9 Å². The number of rotatable bonds is 4. The number of nitrogens with one attached hydrogen (secondary N) is 2. The summed E-state index contributed by atoms with van der Waals surface area (Å²) >= 11 is 6.09. The predicted molar refractivity (Wildman–Crippen MR) is 90.0 cm³/mol. The number of nitrogens with zero attached hydrogens (tertiary/aromatic N) is 2. The number of aryl methyl sites for hydroxylation is 1. The highest BCUT2D eigenvalue weighted by Crippen LogP contribution is 2.20. The fraction of sp³-hybridized carbons (Fsp3) is 0.312. The summed E-state index contributed by atoms with van der Waals surface area (Å²) in [6.45, 7) is 5.57. The molecule has 0 aliphatic rings. The first-order valence-corrected chi connectivity index (χ1v) is 7.58. The van der Waals surface area contributed by atoms with Crippen LogP contribution in [0, 0.1) is 6.92 Å². The molecule has 7 heteroatoms. The molecule has 2 aromatic rings. The Morgan fingerprint density at radius 2 is 1.78 bits per heavy atom. The van der Waals surface area contributed by atoms with Gasteiger partial charge in [-0.05, 0) is 45.0 Å². The lowest BCUT2D eigenvalue weighted by atomic mass is 10.2. The summed E-state index contributed by atoms with van der Waals surface area (Å²) in [5.74, 6) is -0.542. The molecule has 6 nitrogen and oxygen atoms in total. The van der Waals surface area contributed by atoms with Crippen LogP contribution in [0.5, 0.6) is 0 Å². The molecule has 23 heavy (non-hydrogen) atoms. The Morgan fingerprint density at radius 3 is 2.26 bits per heavy atom. The van der Waals surface area contributed by atoms with Gasteiger partial charge in [-0.3, -0.25) is 14.3 Å². The third-order valence-electron chi connectivity index (χ3n) is 3.30. The van der Waals surface area contributed by atoms with E-state index in [0.29, 0.717) is 16.3 Å². The molecule has 0 fully saturated rings. The normalized spacial score (nSPS) is 10.7. The quantitative estimate of drug-likeness (QED) is 0.902. The largest absolute Gasteiger partial charge is 0.350 e. The summed E-state index contributed by atoms with van der Waals surface area (Å²) in [6.07, 6.45) is 0. The Labute approximate surface area is 139 Å². The van der Waals surface area contributed by atoms with Gasteiger partial charge in [0.1, 0.15) is 0 Å². The van der Waals surface area contributed by atoms with Crippen molar-refractivity contribution in [1.82, 2.24) is 15.1 Å². The van der Waals surface area contributed by atoms with E-state index in [2.05, 4.69) is 15.7 Å². The van der Waals surface area contributed by atoms with Crippen LogP contribution in [0.4, 0.5) is 5.69 Å². The minimum absolute atomic E-state index is 0.0661. The van der Waals surface area contributed by atoms with E-state index in [9.17, 15) is 9.59 Å². The van der Waals surface area contributed by atoms with E-state index in [4.69, 9.17) is 11.6 Å². The first-order valence-electron chi connectivity index (χ1n) is 7.21. The standard InChI is InChI=1S/C16H19ClN4O2/c1-9(2)18-15(22)11-5-7-12(8-6-11)19-16(23)14-13(17)10(3)21(4)20-14/h5-9H,1-4H3,(H,18,22)(H,19,23). The van der Waals surface area contributed by atoms with E-state index in [0.717, 1.165) is 5.69 Å². The highest BCUT2D eigenvalue weighted by atomic mass is 35.5. The van der Waals surface area contributed by atoms with Crippen molar-refractivity contribution >= 4 is 29.1 Å². The number of hydrogen-bond acceptors (Lipinski definition) is 3. The van der Waals surface area contributed by atoms with Crippen molar-refractivity contribution in [2.75, 3.05) is 5.32 Å². The number of hydrogen-bond donors (Lipinski definition) is 2. The van der Waals surface area contributed by atoms with Gasteiger partial charge >= 0.3 is 0 Å². The maximum atomic E-state index is 12.2. The van der Waals surface area contributed by atoms with Gasteiger partial charge in [0, 0.05) is 24.3 Å². The van der Waals surface area contributed by atoms with Gasteiger partial charge in [-0.1, -0.05) is 11.6 Å². The molecule has 0 unspecified atom stereocenters. The molecule has 0 aliphatic heterocycles. The lowest BCUT2D eigenvalue weighted by Crippen LogP contribution is -2.30. The minimum atomic E-state index is -0.391. The third kappa shape index (κ3) is 3.90. The molecule has 2 amide bonds. The van der Waals surface area contributed by atoms with Crippen LogP contribution in [0.3, 0.4) is 0 Å². The van der Waals surface area contributed by atoms with Crippen LogP contribution in [-0.4, -0.2) is 27.6 Å². The number of amides is 2. The Kier molecular flexibility index (Phi) is 5.05. The van der Waals surface area contributed by atoms with Crippen LogP contribution in [0.1, 0.15) is 40.4 Å². The van der Waals surface area contributed by atoms with Crippen molar-refractivity contribution < 1.29 is 9.59 Å². The number of anilines is 1. The van der Waals surface area contributed by atoms with Gasteiger partial charge in [-0.2, -0.15) is 5.10 Å². The molecule has 2 rings (SSSR count). The van der Waals surface area contributed by atoms with E-state index in [1.165, 1.54) is 0 Å². The number of carbonyl (C=O) groups excluding carboxylic acids is 2. The minimum Gasteiger partial charge on any atom is -0.350 e. The monoisotopic (exact) mass is 334 g/mol. The van der Waals surface area contributed by atoms with Gasteiger partial charge in [-0.15, -0.1) is 0 Å². The number of aromatic nitrogens is 2. The van der Waals surface area contributed by atoms with Crippen molar-refractivity contribution in [2.24, 2.45) is 7.05 Å². The summed E-state index contributed by atoms with van der Waals surface area (Å²) in [4.78, 5) is 24.1. The van der Waals surface area contributed by atoms with Crippen LogP contribution < -0.4 is 10.6 Å². The summed E-state index contributed by atoms with van der Waals surface area (Å²) in [5.41, 5.74) is 1.99. The molecular weight excluding hydrogens is 316 g/mol. The molecule has 0 atom stereocenters. The van der Waals surface area contributed by atoms with Crippen molar-refractivity contribution in [2.45, 2.75) is 26.8 Å². The van der Waals surface area contributed by atoms with Gasteiger partial charge in [0.05, 0.1) is 10.7 Å². The maximum absolute atomic E-state index is 12.2. The molecule has 0 bridgehead atoms. The first kappa shape index (κ1) is 17.0. The SMILES string of the molecule is Cc1c(Cl)c(C(=O)Nc2ccc(C(=O)NC(C)C)cc2)nn1C. The van der Waals surface area contributed by atoms with E-state index in [1.807, 2.05) is 13.8 Å². The van der Waals surface area contributed by atoms with Gasteiger partial charge in [0.25, 0.3) is 11.8 Å². The second-order valence-electron chi connectivity index (χ2n) is 5.53. The lowest BCUT2D eigenvalue weighted by Gasteiger charge is -2.09. The molecular formula is C16H19ClN4O2.